The zero-order valence-electron chi connectivity index (χ0n) is 13.2. The first kappa shape index (κ1) is 18.3. The van der Waals surface area contributed by atoms with Crippen molar-refractivity contribution >= 4 is 43.0 Å². The van der Waals surface area contributed by atoms with Gasteiger partial charge in [-0.1, -0.05) is 0 Å². The standard InChI is InChI=1S/C16H11F3N2O3S2/c1-9-20-13-7-4-11(8-14(13)25-9)21-15(22)10-2-5-12(6-3-10)26(23,24)16(17,18)19/h2-8H,1H3,(H,21,22). The van der Waals surface area contributed by atoms with E-state index in [-0.39, 0.29) is 5.56 Å². The minimum Gasteiger partial charge on any atom is -0.322 e. The molecule has 1 heterocycles. The third-order valence-corrected chi connectivity index (χ3v) is 5.92. The van der Waals surface area contributed by atoms with Crippen LogP contribution in [0.1, 0.15) is 15.4 Å². The van der Waals surface area contributed by atoms with Gasteiger partial charge in [-0.3, -0.25) is 4.79 Å². The molecule has 0 unspecified atom stereocenters. The van der Waals surface area contributed by atoms with E-state index in [9.17, 15) is 26.4 Å². The number of thiazole rings is 1. The summed E-state index contributed by atoms with van der Waals surface area (Å²) in [5.41, 5.74) is -4.06. The molecule has 0 radical (unpaired) electrons. The normalized spacial score (nSPS) is 12.3. The van der Waals surface area contributed by atoms with Crippen LogP contribution in [0.15, 0.2) is 47.4 Å². The Morgan fingerprint density at radius 3 is 2.38 bits per heavy atom. The lowest BCUT2D eigenvalue weighted by atomic mass is 10.2. The number of benzene rings is 2. The smallest absolute Gasteiger partial charge is 0.322 e. The number of amides is 1. The van der Waals surface area contributed by atoms with Crippen LogP contribution in [0, 0.1) is 6.92 Å². The van der Waals surface area contributed by atoms with E-state index in [0.717, 1.165) is 39.5 Å². The zero-order chi connectivity index (χ0) is 19.1. The van der Waals surface area contributed by atoms with Gasteiger partial charge in [-0.2, -0.15) is 13.2 Å². The molecule has 0 atom stereocenters. The molecular formula is C16H11F3N2O3S2. The SMILES string of the molecule is Cc1nc2ccc(NC(=O)c3ccc(S(=O)(=O)C(F)(F)F)cc3)cc2s1. The van der Waals surface area contributed by atoms with Crippen LogP contribution < -0.4 is 5.32 Å². The Labute approximate surface area is 150 Å². The van der Waals surface area contributed by atoms with E-state index in [2.05, 4.69) is 10.3 Å². The van der Waals surface area contributed by atoms with Crippen molar-refractivity contribution in [2.45, 2.75) is 17.3 Å². The molecule has 0 fully saturated rings. The Bertz CT molecular complexity index is 1090. The van der Waals surface area contributed by atoms with Crippen LogP contribution in [-0.2, 0) is 9.84 Å². The van der Waals surface area contributed by atoms with Gasteiger partial charge in [0.15, 0.2) is 0 Å². The molecule has 0 aliphatic rings. The molecule has 0 aliphatic heterocycles. The summed E-state index contributed by atoms with van der Waals surface area (Å²) in [6.07, 6.45) is 0. The zero-order valence-corrected chi connectivity index (χ0v) is 14.8. The summed E-state index contributed by atoms with van der Waals surface area (Å²) in [6, 6.07) is 8.71. The molecule has 0 saturated carbocycles. The van der Waals surface area contributed by atoms with Crippen LogP contribution in [0.25, 0.3) is 10.2 Å². The first-order valence-electron chi connectivity index (χ1n) is 7.18. The van der Waals surface area contributed by atoms with Crippen molar-refractivity contribution in [2.75, 3.05) is 5.32 Å². The van der Waals surface area contributed by atoms with Gasteiger partial charge < -0.3 is 5.32 Å². The summed E-state index contributed by atoms with van der Waals surface area (Å²) in [6.45, 7) is 1.86. The molecule has 26 heavy (non-hydrogen) atoms. The number of alkyl halides is 3. The van der Waals surface area contributed by atoms with Crippen molar-refractivity contribution in [1.82, 2.24) is 4.98 Å². The summed E-state index contributed by atoms with van der Waals surface area (Å²) in [7, 11) is -5.44. The van der Waals surface area contributed by atoms with E-state index in [0.29, 0.717) is 5.69 Å². The second-order valence-corrected chi connectivity index (χ2v) is 8.52. The number of nitrogens with zero attached hydrogens (tertiary/aromatic N) is 1. The number of aryl methyl sites for hydroxylation is 1. The molecule has 1 aromatic heterocycles. The minimum absolute atomic E-state index is 0.0340. The van der Waals surface area contributed by atoms with E-state index in [1.54, 1.807) is 18.2 Å². The Hall–Kier alpha value is -2.46. The number of halogens is 3. The highest BCUT2D eigenvalue weighted by Gasteiger charge is 2.46. The number of rotatable bonds is 3. The van der Waals surface area contributed by atoms with E-state index >= 15 is 0 Å². The van der Waals surface area contributed by atoms with Crippen molar-refractivity contribution in [2.24, 2.45) is 0 Å². The number of aromatic nitrogens is 1. The molecule has 1 N–H and O–H groups in total. The number of hydrogen-bond acceptors (Lipinski definition) is 5. The van der Waals surface area contributed by atoms with Gasteiger partial charge in [0.2, 0.25) is 0 Å². The number of nitrogens with one attached hydrogen (secondary N) is 1. The maximum atomic E-state index is 12.5. The summed E-state index contributed by atoms with van der Waals surface area (Å²) >= 11 is 1.46. The third kappa shape index (κ3) is 3.42. The monoisotopic (exact) mass is 400 g/mol. The maximum absolute atomic E-state index is 12.5. The number of fused-ring (bicyclic) bond motifs is 1. The largest absolute Gasteiger partial charge is 0.501 e. The van der Waals surface area contributed by atoms with Crippen molar-refractivity contribution in [1.29, 1.82) is 0 Å². The molecule has 0 aliphatic carbocycles. The van der Waals surface area contributed by atoms with Crippen LogP contribution in [0.5, 0.6) is 0 Å². The van der Waals surface area contributed by atoms with Gasteiger partial charge in [-0.05, 0) is 49.4 Å². The molecule has 0 saturated heterocycles. The summed E-state index contributed by atoms with van der Waals surface area (Å²) in [4.78, 5) is 15.6. The Morgan fingerprint density at radius 2 is 1.77 bits per heavy atom. The summed E-state index contributed by atoms with van der Waals surface area (Å²) in [5, 5.41) is 3.50. The predicted molar refractivity (Wildman–Crippen MR) is 92.0 cm³/mol. The van der Waals surface area contributed by atoms with E-state index < -0.39 is 26.1 Å². The van der Waals surface area contributed by atoms with Gasteiger partial charge in [-0.25, -0.2) is 13.4 Å². The van der Waals surface area contributed by atoms with E-state index in [1.165, 1.54) is 11.3 Å². The Morgan fingerprint density at radius 1 is 1.12 bits per heavy atom. The quantitative estimate of drug-likeness (QED) is 0.717. The van der Waals surface area contributed by atoms with Crippen LogP contribution in [-0.4, -0.2) is 24.8 Å². The number of sulfone groups is 1. The second kappa shape index (κ2) is 6.36. The molecule has 136 valence electrons. The number of carbonyl (C=O) groups is 1. The fourth-order valence-electron chi connectivity index (χ4n) is 2.24. The van der Waals surface area contributed by atoms with Crippen LogP contribution in [0.3, 0.4) is 0 Å². The van der Waals surface area contributed by atoms with Gasteiger partial charge in [0.1, 0.15) is 0 Å². The highest BCUT2D eigenvalue weighted by Crippen LogP contribution is 2.30. The lowest BCUT2D eigenvalue weighted by molar-refractivity contribution is -0.0436. The summed E-state index contributed by atoms with van der Waals surface area (Å²) in [5.74, 6) is -0.568. The van der Waals surface area contributed by atoms with Crippen LogP contribution >= 0.6 is 11.3 Å². The first-order valence-corrected chi connectivity index (χ1v) is 9.48. The molecule has 1 amide bonds. The average Bonchev–Trinajstić information content (AvgIpc) is 2.93. The topological polar surface area (TPSA) is 76.1 Å². The first-order chi connectivity index (χ1) is 12.1. The van der Waals surface area contributed by atoms with Gasteiger partial charge >= 0.3 is 5.51 Å². The van der Waals surface area contributed by atoms with Crippen LogP contribution in [0.4, 0.5) is 18.9 Å². The molecule has 10 heteroatoms. The lowest BCUT2D eigenvalue weighted by Crippen LogP contribution is -2.23. The molecule has 0 bridgehead atoms. The molecule has 2 aromatic carbocycles. The highest BCUT2D eigenvalue weighted by atomic mass is 32.2. The molecule has 0 spiro atoms. The third-order valence-electron chi connectivity index (χ3n) is 3.48. The average molecular weight is 400 g/mol. The highest BCUT2D eigenvalue weighted by molar-refractivity contribution is 7.92. The van der Waals surface area contributed by atoms with Crippen molar-refractivity contribution < 1.29 is 26.4 Å². The predicted octanol–water partition coefficient (Wildman–Crippen LogP) is 4.15. The van der Waals surface area contributed by atoms with Gasteiger partial charge in [-0.15, -0.1) is 11.3 Å². The summed E-state index contributed by atoms with van der Waals surface area (Å²) < 4.78 is 61.1. The fraction of sp³-hybridized carbons (Fsp3) is 0.125. The fourth-order valence-corrected chi connectivity index (χ4v) is 3.87. The molecule has 3 aromatic rings. The van der Waals surface area contributed by atoms with E-state index in [1.807, 2.05) is 6.92 Å². The van der Waals surface area contributed by atoms with Crippen molar-refractivity contribution in [3.8, 4) is 0 Å². The van der Waals surface area contributed by atoms with Crippen molar-refractivity contribution in [3.63, 3.8) is 0 Å². The van der Waals surface area contributed by atoms with Crippen molar-refractivity contribution in [3.05, 3.63) is 53.0 Å². The number of carbonyl (C=O) groups excluding carboxylic acids is 1. The van der Waals surface area contributed by atoms with Gasteiger partial charge in [0.25, 0.3) is 15.7 Å². The van der Waals surface area contributed by atoms with E-state index in [4.69, 9.17) is 0 Å². The molecular weight excluding hydrogens is 389 g/mol. The second-order valence-electron chi connectivity index (χ2n) is 5.34. The minimum atomic E-state index is -5.44. The lowest BCUT2D eigenvalue weighted by Gasteiger charge is -2.09. The Balaban J connectivity index is 1.81. The molecule has 3 rings (SSSR count). The molecule has 5 nitrogen and oxygen atoms in total. The Kier molecular flexibility index (Phi) is 4.49. The van der Waals surface area contributed by atoms with Gasteiger partial charge in [0.05, 0.1) is 20.1 Å². The van der Waals surface area contributed by atoms with Gasteiger partial charge in [0, 0.05) is 11.3 Å². The number of hydrogen-bond donors (Lipinski definition) is 1. The number of anilines is 1. The van der Waals surface area contributed by atoms with Crippen LogP contribution in [0.2, 0.25) is 0 Å². The maximum Gasteiger partial charge on any atom is 0.501 e.